The zero-order valence-electron chi connectivity index (χ0n) is 7.00. The van der Waals surface area contributed by atoms with Gasteiger partial charge in [-0.05, 0) is 12.5 Å². The van der Waals surface area contributed by atoms with E-state index in [1.165, 1.54) is 0 Å². The summed E-state index contributed by atoms with van der Waals surface area (Å²) in [6.07, 6.45) is 3.93. The molecule has 0 unspecified atom stereocenters. The first kappa shape index (κ1) is 8.05. The van der Waals surface area contributed by atoms with E-state index in [1.54, 1.807) is 13.3 Å². The second-order valence-corrected chi connectivity index (χ2v) is 2.44. The molecule has 2 heteroatoms. The summed E-state index contributed by atoms with van der Waals surface area (Å²) in [5.74, 6) is 0.892. The Morgan fingerprint density at radius 2 is 2.36 bits per heavy atom. The molecular weight excluding hydrogens is 138 g/mol. The molecule has 0 aliphatic heterocycles. The molecule has 0 spiro atoms. The molecule has 0 aromatic carbocycles. The second-order valence-electron chi connectivity index (χ2n) is 2.44. The maximum atomic E-state index is 5.06. The van der Waals surface area contributed by atoms with Crippen LogP contribution in [0.15, 0.2) is 18.3 Å². The van der Waals surface area contributed by atoms with E-state index in [4.69, 9.17) is 4.74 Å². The van der Waals surface area contributed by atoms with Crippen molar-refractivity contribution in [2.75, 3.05) is 7.11 Å². The molecule has 0 aliphatic rings. The number of hydrogen-bond acceptors (Lipinski definition) is 2. The van der Waals surface area contributed by atoms with Crippen LogP contribution in [0.25, 0.3) is 0 Å². The molecule has 1 heterocycles. The molecule has 0 bridgehead atoms. The maximum absolute atomic E-state index is 5.06. The third kappa shape index (κ3) is 2.22. The predicted molar refractivity (Wildman–Crippen MR) is 44.8 cm³/mol. The van der Waals surface area contributed by atoms with E-state index in [9.17, 15) is 0 Å². The molecule has 0 fully saturated rings. The van der Waals surface area contributed by atoms with Gasteiger partial charge in [-0.2, -0.15) is 0 Å². The van der Waals surface area contributed by atoms with Crippen molar-refractivity contribution in [3.63, 3.8) is 0 Å². The Balaban J connectivity index is 2.74. The van der Waals surface area contributed by atoms with Gasteiger partial charge in [0.25, 0.3) is 0 Å². The highest BCUT2D eigenvalue weighted by atomic mass is 16.5. The predicted octanol–water partition coefficient (Wildman–Crippen LogP) is 2.04. The van der Waals surface area contributed by atoms with Crippen molar-refractivity contribution in [1.29, 1.82) is 0 Å². The molecule has 0 radical (unpaired) electrons. The van der Waals surface area contributed by atoms with E-state index in [0.29, 0.717) is 0 Å². The SMILES string of the molecule is CCCc1cc(OC)ccn1. The molecule has 60 valence electrons. The van der Waals surface area contributed by atoms with Crippen LogP contribution >= 0.6 is 0 Å². The lowest BCUT2D eigenvalue weighted by atomic mass is 10.2. The zero-order valence-corrected chi connectivity index (χ0v) is 7.00. The highest BCUT2D eigenvalue weighted by molar-refractivity contribution is 5.22. The number of ether oxygens (including phenoxy) is 1. The van der Waals surface area contributed by atoms with Gasteiger partial charge in [0.15, 0.2) is 0 Å². The smallest absolute Gasteiger partial charge is 0.122 e. The maximum Gasteiger partial charge on any atom is 0.122 e. The standard InChI is InChI=1S/C9H13NO/c1-3-4-8-7-9(11-2)5-6-10-8/h5-7H,3-4H2,1-2H3. The fourth-order valence-corrected chi connectivity index (χ4v) is 0.976. The summed E-state index contributed by atoms with van der Waals surface area (Å²) in [7, 11) is 1.67. The summed E-state index contributed by atoms with van der Waals surface area (Å²) < 4.78 is 5.06. The average Bonchev–Trinajstić information content (AvgIpc) is 2.06. The third-order valence-electron chi connectivity index (χ3n) is 1.53. The van der Waals surface area contributed by atoms with Gasteiger partial charge < -0.3 is 4.74 Å². The number of methoxy groups -OCH3 is 1. The first-order chi connectivity index (χ1) is 5.36. The van der Waals surface area contributed by atoms with Crippen LogP contribution in [-0.2, 0) is 6.42 Å². The van der Waals surface area contributed by atoms with Gasteiger partial charge in [-0.3, -0.25) is 4.98 Å². The molecule has 0 N–H and O–H groups in total. The number of hydrogen-bond donors (Lipinski definition) is 0. The van der Waals surface area contributed by atoms with Crippen LogP contribution in [0.2, 0.25) is 0 Å². The van der Waals surface area contributed by atoms with Crippen molar-refractivity contribution in [3.8, 4) is 5.75 Å². The van der Waals surface area contributed by atoms with Gasteiger partial charge in [0.1, 0.15) is 5.75 Å². The quantitative estimate of drug-likeness (QED) is 0.659. The normalized spacial score (nSPS) is 9.64. The van der Waals surface area contributed by atoms with Crippen LogP contribution in [0.3, 0.4) is 0 Å². The van der Waals surface area contributed by atoms with Gasteiger partial charge in [-0.25, -0.2) is 0 Å². The molecular formula is C9H13NO. The summed E-state index contributed by atoms with van der Waals surface area (Å²) in [6, 6.07) is 3.84. The number of nitrogens with zero attached hydrogens (tertiary/aromatic N) is 1. The summed E-state index contributed by atoms with van der Waals surface area (Å²) >= 11 is 0. The van der Waals surface area contributed by atoms with Crippen LogP contribution in [0, 0.1) is 0 Å². The van der Waals surface area contributed by atoms with Crippen molar-refractivity contribution in [2.45, 2.75) is 19.8 Å². The summed E-state index contributed by atoms with van der Waals surface area (Å²) in [5, 5.41) is 0. The van der Waals surface area contributed by atoms with E-state index in [1.807, 2.05) is 12.1 Å². The van der Waals surface area contributed by atoms with Crippen molar-refractivity contribution in [1.82, 2.24) is 4.98 Å². The molecule has 0 saturated heterocycles. The lowest BCUT2D eigenvalue weighted by molar-refractivity contribution is 0.413. The third-order valence-corrected chi connectivity index (χ3v) is 1.53. The summed E-state index contributed by atoms with van der Waals surface area (Å²) in [5.41, 5.74) is 1.10. The van der Waals surface area contributed by atoms with Crippen LogP contribution in [0.4, 0.5) is 0 Å². The van der Waals surface area contributed by atoms with E-state index >= 15 is 0 Å². The minimum absolute atomic E-state index is 0.892. The molecule has 1 aromatic rings. The van der Waals surface area contributed by atoms with Gasteiger partial charge in [0.2, 0.25) is 0 Å². The summed E-state index contributed by atoms with van der Waals surface area (Å²) in [6.45, 7) is 2.14. The molecule has 2 nitrogen and oxygen atoms in total. The van der Waals surface area contributed by atoms with Crippen molar-refractivity contribution in [2.24, 2.45) is 0 Å². The molecule has 1 rings (SSSR count). The van der Waals surface area contributed by atoms with Crippen LogP contribution < -0.4 is 4.74 Å². The molecule has 0 amide bonds. The second kappa shape index (κ2) is 3.96. The first-order valence-electron chi connectivity index (χ1n) is 3.85. The Hall–Kier alpha value is -1.05. The molecule has 11 heavy (non-hydrogen) atoms. The molecule has 0 saturated carbocycles. The first-order valence-corrected chi connectivity index (χ1v) is 3.85. The average molecular weight is 151 g/mol. The van der Waals surface area contributed by atoms with E-state index in [-0.39, 0.29) is 0 Å². The van der Waals surface area contributed by atoms with E-state index in [2.05, 4.69) is 11.9 Å². The number of aromatic nitrogens is 1. The van der Waals surface area contributed by atoms with Gasteiger partial charge in [0, 0.05) is 18.0 Å². The lowest BCUT2D eigenvalue weighted by Gasteiger charge is -2.00. The van der Waals surface area contributed by atoms with Gasteiger partial charge in [0.05, 0.1) is 7.11 Å². The Kier molecular flexibility index (Phi) is 2.90. The minimum atomic E-state index is 0.892. The molecule has 0 aliphatic carbocycles. The molecule has 1 aromatic heterocycles. The Morgan fingerprint density at radius 3 is 3.00 bits per heavy atom. The van der Waals surface area contributed by atoms with Crippen LogP contribution in [0.1, 0.15) is 19.0 Å². The Labute approximate surface area is 67.2 Å². The highest BCUT2D eigenvalue weighted by Gasteiger charge is 1.94. The minimum Gasteiger partial charge on any atom is -0.497 e. The van der Waals surface area contributed by atoms with Gasteiger partial charge >= 0.3 is 0 Å². The number of rotatable bonds is 3. The fourth-order valence-electron chi connectivity index (χ4n) is 0.976. The highest BCUT2D eigenvalue weighted by Crippen LogP contribution is 2.10. The Morgan fingerprint density at radius 1 is 1.55 bits per heavy atom. The Bertz CT molecular complexity index is 223. The van der Waals surface area contributed by atoms with Gasteiger partial charge in [-0.15, -0.1) is 0 Å². The topological polar surface area (TPSA) is 22.1 Å². The van der Waals surface area contributed by atoms with E-state index < -0.39 is 0 Å². The van der Waals surface area contributed by atoms with Crippen LogP contribution in [0.5, 0.6) is 5.75 Å². The van der Waals surface area contributed by atoms with Crippen molar-refractivity contribution in [3.05, 3.63) is 24.0 Å². The number of aryl methyl sites for hydroxylation is 1. The fraction of sp³-hybridized carbons (Fsp3) is 0.444. The molecule has 0 atom stereocenters. The lowest BCUT2D eigenvalue weighted by Crippen LogP contribution is -1.90. The van der Waals surface area contributed by atoms with Gasteiger partial charge in [-0.1, -0.05) is 13.3 Å². The van der Waals surface area contributed by atoms with Crippen LogP contribution in [-0.4, -0.2) is 12.1 Å². The monoisotopic (exact) mass is 151 g/mol. The summed E-state index contributed by atoms with van der Waals surface area (Å²) in [4.78, 5) is 4.20. The number of pyridine rings is 1. The largest absolute Gasteiger partial charge is 0.497 e. The van der Waals surface area contributed by atoms with E-state index in [0.717, 1.165) is 24.3 Å². The zero-order chi connectivity index (χ0) is 8.10. The van der Waals surface area contributed by atoms with Crippen molar-refractivity contribution >= 4 is 0 Å². The van der Waals surface area contributed by atoms with Crippen molar-refractivity contribution < 1.29 is 4.74 Å².